The van der Waals surface area contributed by atoms with Crippen molar-refractivity contribution in [2.75, 3.05) is 26.3 Å². The van der Waals surface area contributed by atoms with Crippen molar-refractivity contribution in [1.82, 2.24) is 10.1 Å². The Bertz CT molecular complexity index is 874. The SMILES string of the molecule is O=C(COCc1cc(-c2ccc(F)cc2)on1)N(C[C@@H]1CC=CCC1)C[C@H]1CCCO1. The van der Waals surface area contributed by atoms with Crippen LogP contribution in [-0.4, -0.2) is 48.4 Å². The second-order valence-electron chi connectivity index (χ2n) is 8.27. The minimum absolute atomic E-state index is 0.00593. The minimum atomic E-state index is -0.304. The number of carbonyl (C=O) groups is 1. The number of allylic oxidation sites excluding steroid dienone is 2. The third kappa shape index (κ3) is 6.24. The van der Waals surface area contributed by atoms with Gasteiger partial charge in [0.15, 0.2) is 5.76 Å². The van der Waals surface area contributed by atoms with Gasteiger partial charge in [-0.3, -0.25) is 4.79 Å². The summed E-state index contributed by atoms with van der Waals surface area (Å²) in [7, 11) is 0. The lowest BCUT2D eigenvalue weighted by molar-refractivity contribution is -0.139. The molecule has 2 aromatic rings. The molecule has 166 valence electrons. The number of rotatable bonds is 9. The van der Waals surface area contributed by atoms with E-state index in [1.807, 2.05) is 4.90 Å². The van der Waals surface area contributed by atoms with Crippen LogP contribution in [0, 0.1) is 11.7 Å². The molecule has 31 heavy (non-hydrogen) atoms. The van der Waals surface area contributed by atoms with E-state index < -0.39 is 0 Å². The van der Waals surface area contributed by atoms with Crippen LogP contribution in [0.2, 0.25) is 0 Å². The van der Waals surface area contributed by atoms with Gasteiger partial charge in [-0.15, -0.1) is 0 Å². The third-order valence-electron chi connectivity index (χ3n) is 5.82. The maximum Gasteiger partial charge on any atom is 0.248 e. The summed E-state index contributed by atoms with van der Waals surface area (Å²) >= 11 is 0. The molecule has 4 rings (SSSR count). The molecule has 2 aliphatic rings. The fourth-order valence-corrected chi connectivity index (χ4v) is 4.11. The number of amides is 1. The Hall–Kier alpha value is -2.51. The molecule has 0 bridgehead atoms. The Kier molecular flexibility index (Phi) is 7.48. The molecule has 1 aromatic carbocycles. The summed E-state index contributed by atoms with van der Waals surface area (Å²) in [5, 5.41) is 3.99. The molecule has 2 heterocycles. The average Bonchev–Trinajstić information content (AvgIpc) is 3.47. The van der Waals surface area contributed by atoms with Crippen LogP contribution in [-0.2, 0) is 20.9 Å². The van der Waals surface area contributed by atoms with Crippen molar-refractivity contribution < 1.29 is 23.2 Å². The summed E-state index contributed by atoms with van der Waals surface area (Å²) in [6.07, 6.45) is 9.80. The average molecular weight is 429 g/mol. The van der Waals surface area contributed by atoms with Gasteiger partial charge in [-0.2, -0.15) is 0 Å². The Morgan fingerprint density at radius 2 is 2.06 bits per heavy atom. The number of ether oxygens (including phenoxy) is 2. The normalized spacial score (nSPS) is 20.8. The van der Waals surface area contributed by atoms with E-state index in [1.54, 1.807) is 18.2 Å². The monoisotopic (exact) mass is 428 g/mol. The molecule has 1 amide bonds. The van der Waals surface area contributed by atoms with Gasteiger partial charge < -0.3 is 18.9 Å². The summed E-state index contributed by atoms with van der Waals surface area (Å²) in [5.74, 6) is 0.703. The first-order chi connectivity index (χ1) is 15.2. The van der Waals surface area contributed by atoms with E-state index in [0.717, 1.165) is 50.8 Å². The fraction of sp³-hybridized carbons (Fsp3) is 0.500. The lowest BCUT2D eigenvalue weighted by Crippen LogP contribution is -2.42. The van der Waals surface area contributed by atoms with Gasteiger partial charge in [0, 0.05) is 31.3 Å². The van der Waals surface area contributed by atoms with Crippen molar-refractivity contribution in [1.29, 1.82) is 0 Å². The molecular formula is C24H29FN2O4. The van der Waals surface area contributed by atoms with Gasteiger partial charge in [-0.1, -0.05) is 17.3 Å². The number of hydrogen-bond acceptors (Lipinski definition) is 5. The van der Waals surface area contributed by atoms with Crippen molar-refractivity contribution in [2.24, 2.45) is 5.92 Å². The minimum Gasteiger partial charge on any atom is -0.376 e. The zero-order valence-electron chi connectivity index (χ0n) is 17.7. The highest BCUT2D eigenvalue weighted by Gasteiger charge is 2.25. The van der Waals surface area contributed by atoms with E-state index in [0.29, 0.717) is 23.9 Å². The van der Waals surface area contributed by atoms with Crippen LogP contribution in [0.3, 0.4) is 0 Å². The van der Waals surface area contributed by atoms with Crippen LogP contribution in [0.1, 0.15) is 37.8 Å². The number of aromatic nitrogens is 1. The van der Waals surface area contributed by atoms with E-state index in [-0.39, 0.29) is 31.0 Å². The number of carbonyl (C=O) groups excluding carboxylic acids is 1. The van der Waals surface area contributed by atoms with Crippen LogP contribution in [0.4, 0.5) is 4.39 Å². The molecule has 0 radical (unpaired) electrons. The number of halogens is 1. The Balaban J connectivity index is 1.29. The lowest BCUT2D eigenvalue weighted by Gasteiger charge is -2.30. The van der Waals surface area contributed by atoms with Gasteiger partial charge in [-0.25, -0.2) is 4.39 Å². The third-order valence-corrected chi connectivity index (χ3v) is 5.82. The molecular weight excluding hydrogens is 399 g/mol. The van der Waals surface area contributed by atoms with Crippen LogP contribution in [0.5, 0.6) is 0 Å². The number of hydrogen-bond donors (Lipinski definition) is 0. The largest absolute Gasteiger partial charge is 0.376 e. The second kappa shape index (κ2) is 10.7. The quantitative estimate of drug-likeness (QED) is 0.555. The predicted octanol–water partition coefficient (Wildman–Crippen LogP) is 4.36. The van der Waals surface area contributed by atoms with E-state index in [4.69, 9.17) is 14.0 Å². The molecule has 1 fully saturated rings. The molecule has 6 nitrogen and oxygen atoms in total. The van der Waals surface area contributed by atoms with Crippen molar-refractivity contribution >= 4 is 5.91 Å². The fourth-order valence-electron chi connectivity index (χ4n) is 4.11. The van der Waals surface area contributed by atoms with Gasteiger partial charge in [0.25, 0.3) is 0 Å². The Morgan fingerprint density at radius 3 is 2.81 bits per heavy atom. The lowest BCUT2D eigenvalue weighted by atomic mass is 9.94. The van der Waals surface area contributed by atoms with Gasteiger partial charge in [0.2, 0.25) is 5.91 Å². The zero-order chi connectivity index (χ0) is 21.5. The van der Waals surface area contributed by atoms with Crippen molar-refractivity contribution in [3.05, 3.63) is 54.0 Å². The van der Waals surface area contributed by atoms with Crippen molar-refractivity contribution in [2.45, 2.75) is 44.8 Å². The van der Waals surface area contributed by atoms with Crippen molar-refractivity contribution in [3.63, 3.8) is 0 Å². The highest BCUT2D eigenvalue weighted by Crippen LogP contribution is 2.22. The van der Waals surface area contributed by atoms with Crippen LogP contribution >= 0.6 is 0 Å². The molecule has 2 atom stereocenters. The first-order valence-electron chi connectivity index (χ1n) is 11.0. The summed E-state index contributed by atoms with van der Waals surface area (Å²) in [6.45, 7) is 2.31. The topological polar surface area (TPSA) is 64.8 Å². The summed E-state index contributed by atoms with van der Waals surface area (Å²) in [6, 6.07) is 7.76. The van der Waals surface area contributed by atoms with E-state index in [2.05, 4.69) is 17.3 Å². The van der Waals surface area contributed by atoms with E-state index in [9.17, 15) is 9.18 Å². The first kappa shape index (κ1) is 21.7. The van der Waals surface area contributed by atoms with Gasteiger partial charge >= 0.3 is 0 Å². The molecule has 0 saturated carbocycles. The Morgan fingerprint density at radius 1 is 1.19 bits per heavy atom. The Labute approximate surface area is 182 Å². The molecule has 1 aliphatic heterocycles. The standard InChI is InChI=1S/C24H29FN2O4/c25-20-10-8-19(9-11-20)23-13-21(26-31-23)16-29-17-24(28)27(15-22-7-4-12-30-22)14-18-5-2-1-3-6-18/h1-2,8-11,13,18,22H,3-7,12,14-17H2/t18-,22-/m1/s1. The summed E-state index contributed by atoms with van der Waals surface area (Å²) in [4.78, 5) is 14.8. The number of nitrogens with zero attached hydrogens (tertiary/aromatic N) is 2. The zero-order valence-corrected chi connectivity index (χ0v) is 17.7. The molecule has 1 saturated heterocycles. The summed E-state index contributed by atoms with van der Waals surface area (Å²) < 4.78 is 29.8. The molecule has 0 N–H and O–H groups in total. The van der Waals surface area contributed by atoms with Crippen molar-refractivity contribution in [3.8, 4) is 11.3 Å². The maximum atomic E-state index is 13.1. The molecule has 0 spiro atoms. The van der Waals surface area contributed by atoms with E-state index in [1.165, 1.54) is 12.1 Å². The highest BCUT2D eigenvalue weighted by atomic mass is 19.1. The summed E-state index contributed by atoms with van der Waals surface area (Å²) in [5.41, 5.74) is 1.33. The molecule has 0 unspecified atom stereocenters. The first-order valence-corrected chi connectivity index (χ1v) is 11.0. The number of benzene rings is 1. The van der Waals surface area contributed by atoms with E-state index >= 15 is 0 Å². The van der Waals surface area contributed by atoms with Crippen LogP contribution in [0.25, 0.3) is 11.3 Å². The molecule has 1 aliphatic carbocycles. The van der Waals surface area contributed by atoms with Crippen LogP contribution in [0.15, 0.2) is 47.0 Å². The van der Waals surface area contributed by atoms with Crippen LogP contribution < -0.4 is 0 Å². The smallest absolute Gasteiger partial charge is 0.248 e. The molecule has 7 heteroatoms. The van der Waals surface area contributed by atoms with Gasteiger partial charge in [0.1, 0.15) is 18.1 Å². The predicted molar refractivity (Wildman–Crippen MR) is 114 cm³/mol. The highest BCUT2D eigenvalue weighted by molar-refractivity contribution is 5.77. The van der Waals surface area contributed by atoms with Gasteiger partial charge in [-0.05, 0) is 62.3 Å². The molecule has 1 aromatic heterocycles. The second-order valence-corrected chi connectivity index (χ2v) is 8.27. The van der Waals surface area contributed by atoms with Gasteiger partial charge in [0.05, 0.1) is 12.7 Å². The maximum absolute atomic E-state index is 13.1.